The number of ether oxygens (including phenoxy) is 2. The maximum absolute atomic E-state index is 11.5. The highest BCUT2D eigenvalue weighted by molar-refractivity contribution is 9.11. The molecule has 9 unspecified atom stereocenters. The standard InChI is InChI=1S/C21H32Br2N2O4/c1-4-7-25-9-13(24)10-8-12(23)16-18(21(10)29-3)20(27)17-14(28-2)6-5-11(22)15(17)19(16)26/h5-6,9-11,14-15,17-21,25-27H,4,7-8,24H2,1-3H3/b13-9-. The molecule has 5 N–H and O–H groups in total. The number of hydrogen-bond donors (Lipinski definition) is 4. The summed E-state index contributed by atoms with van der Waals surface area (Å²) in [7, 11) is 3.28. The van der Waals surface area contributed by atoms with Gasteiger partial charge in [-0.1, -0.05) is 50.9 Å². The van der Waals surface area contributed by atoms with Crippen molar-refractivity contribution in [1.29, 1.82) is 0 Å². The van der Waals surface area contributed by atoms with Gasteiger partial charge in [0.05, 0.1) is 24.4 Å². The number of aliphatic hydroxyl groups excluding tert-OH is 2. The lowest BCUT2D eigenvalue weighted by Crippen LogP contribution is -2.61. The van der Waals surface area contributed by atoms with Gasteiger partial charge in [0.25, 0.3) is 0 Å². The molecule has 0 aromatic rings. The van der Waals surface area contributed by atoms with Crippen molar-refractivity contribution >= 4 is 31.9 Å². The van der Waals surface area contributed by atoms with E-state index >= 15 is 0 Å². The smallest absolute Gasteiger partial charge is 0.0812 e. The van der Waals surface area contributed by atoms with E-state index in [1.165, 1.54) is 0 Å². The van der Waals surface area contributed by atoms with Crippen molar-refractivity contribution < 1.29 is 19.7 Å². The number of fused-ring (bicyclic) bond motifs is 2. The van der Waals surface area contributed by atoms with Gasteiger partial charge in [-0.05, 0) is 22.9 Å². The van der Waals surface area contributed by atoms with Crippen LogP contribution in [0.1, 0.15) is 19.8 Å². The molecule has 0 aliphatic heterocycles. The summed E-state index contributed by atoms with van der Waals surface area (Å²) in [5.41, 5.74) is 7.93. The Bertz CT molecular complexity index is 684. The second kappa shape index (κ2) is 9.83. The first-order valence-electron chi connectivity index (χ1n) is 10.2. The van der Waals surface area contributed by atoms with E-state index in [1.54, 1.807) is 14.2 Å². The van der Waals surface area contributed by atoms with Gasteiger partial charge >= 0.3 is 0 Å². The maximum atomic E-state index is 11.5. The Morgan fingerprint density at radius 1 is 1.28 bits per heavy atom. The largest absolute Gasteiger partial charge is 0.401 e. The van der Waals surface area contributed by atoms with Crippen molar-refractivity contribution in [2.24, 2.45) is 29.4 Å². The summed E-state index contributed by atoms with van der Waals surface area (Å²) in [6, 6.07) is 0. The normalized spacial score (nSPS) is 42.4. The third kappa shape index (κ3) is 4.21. The molecule has 0 saturated heterocycles. The number of aliphatic hydroxyl groups is 2. The van der Waals surface area contributed by atoms with Gasteiger partial charge < -0.3 is 30.7 Å². The molecule has 0 aromatic carbocycles. The second-order valence-electron chi connectivity index (χ2n) is 8.12. The molecule has 6 nitrogen and oxygen atoms in total. The van der Waals surface area contributed by atoms with E-state index in [0.717, 1.165) is 23.0 Å². The summed E-state index contributed by atoms with van der Waals surface area (Å²) in [6.45, 7) is 2.94. The number of alkyl halides is 1. The van der Waals surface area contributed by atoms with Crippen molar-refractivity contribution in [3.63, 3.8) is 0 Å². The first-order chi connectivity index (χ1) is 13.9. The highest BCUT2D eigenvalue weighted by atomic mass is 79.9. The van der Waals surface area contributed by atoms with Crippen LogP contribution in [0.2, 0.25) is 0 Å². The van der Waals surface area contributed by atoms with Gasteiger partial charge in [0, 0.05) is 61.2 Å². The molecule has 3 aliphatic rings. The van der Waals surface area contributed by atoms with Crippen LogP contribution in [0.15, 0.2) is 34.1 Å². The zero-order chi connectivity index (χ0) is 21.3. The molecular weight excluding hydrogens is 504 g/mol. The molecule has 3 rings (SSSR count). The number of nitrogens with two attached hydrogens (primary N) is 1. The molecule has 3 aliphatic carbocycles. The molecule has 8 heteroatoms. The molecule has 1 saturated carbocycles. The number of rotatable bonds is 6. The van der Waals surface area contributed by atoms with Crippen LogP contribution in [-0.4, -0.2) is 60.2 Å². The Hall–Kier alpha value is -0.380. The SMILES string of the molecule is CCCN/C=C(\N)C1CC(Br)=C2C(O)C3C(Br)C=CC(OC)C3C(O)C2C1OC. The third-order valence-electron chi connectivity index (χ3n) is 6.58. The zero-order valence-electron chi connectivity index (χ0n) is 17.1. The van der Waals surface area contributed by atoms with Gasteiger partial charge in [0.15, 0.2) is 0 Å². The fourth-order valence-corrected chi connectivity index (χ4v) is 6.89. The van der Waals surface area contributed by atoms with Gasteiger partial charge in [-0.2, -0.15) is 0 Å². The molecule has 9 atom stereocenters. The van der Waals surface area contributed by atoms with Gasteiger partial charge in [0.1, 0.15) is 0 Å². The topological polar surface area (TPSA) is 97.0 Å². The number of halogens is 2. The van der Waals surface area contributed by atoms with Crippen LogP contribution < -0.4 is 11.1 Å². The Morgan fingerprint density at radius 2 is 2.00 bits per heavy atom. The summed E-state index contributed by atoms with van der Waals surface area (Å²) < 4.78 is 12.5. The van der Waals surface area contributed by atoms with Crippen LogP contribution in [0.3, 0.4) is 0 Å². The number of methoxy groups -OCH3 is 2. The molecule has 1 fully saturated rings. The summed E-state index contributed by atoms with van der Waals surface area (Å²) in [5.74, 6) is -0.915. The average molecular weight is 536 g/mol. The lowest BCUT2D eigenvalue weighted by atomic mass is 9.58. The molecule has 0 radical (unpaired) electrons. The molecule has 0 aromatic heterocycles. The fourth-order valence-electron chi connectivity index (χ4n) is 5.22. The van der Waals surface area contributed by atoms with Gasteiger partial charge in [-0.15, -0.1) is 0 Å². The van der Waals surface area contributed by atoms with Gasteiger partial charge in [0.2, 0.25) is 0 Å². The minimum Gasteiger partial charge on any atom is -0.401 e. The highest BCUT2D eigenvalue weighted by Gasteiger charge is 2.57. The number of allylic oxidation sites excluding steroid dienone is 2. The lowest BCUT2D eigenvalue weighted by molar-refractivity contribution is -0.129. The van der Waals surface area contributed by atoms with Crippen LogP contribution >= 0.6 is 31.9 Å². The Kier molecular flexibility index (Phi) is 7.89. The molecule has 0 bridgehead atoms. The van der Waals surface area contributed by atoms with E-state index < -0.39 is 12.2 Å². The summed E-state index contributed by atoms with van der Waals surface area (Å²) >= 11 is 7.37. The van der Waals surface area contributed by atoms with Gasteiger partial charge in [-0.3, -0.25) is 0 Å². The number of nitrogens with one attached hydrogen (secondary N) is 1. The van der Waals surface area contributed by atoms with E-state index in [1.807, 2.05) is 18.4 Å². The summed E-state index contributed by atoms with van der Waals surface area (Å²) in [6.07, 6.45) is 5.39. The zero-order valence-corrected chi connectivity index (χ0v) is 20.3. The highest BCUT2D eigenvalue weighted by Crippen LogP contribution is 2.53. The number of hydrogen-bond acceptors (Lipinski definition) is 6. The van der Waals surface area contributed by atoms with Gasteiger partial charge in [-0.25, -0.2) is 0 Å². The van der Waals surface area contributed by atoms with Crippen LogP contribution in [-0.2, 0) is 9.47 Å². The Balaban J connectivity index is 2.01. The molecule has 164 valence electrons. The van der Waals surface area contributed by atoms with E-state index in [0.29, 0.717) is 12.1 Å². The van der Waals surface area contributed by atoms with Crippen LogP contribution in [0.5, 0.6) is 0 Å². The van der Waals surface area contributed by atoms with Crippen molar-refractivity contribution in [2.75, 3.05) is 20.8 Å². The van der Waals surface area contributed by atoms with Crippen LogP contribution in [0, 0.1) is 23.7 Å². The predicted molar refractivity (Wildman–Crippen MR) is 121 cm³/mol. The fraction of sp³-hybridized carbons (Fsp3) is 0.714. The molecule has 0 spiro atoms. The Labute approximate surface area is 189 Å². The molecule has 0 heterocycles. The van der Waals surface area contributed by atoms with E-state index in [2.05, 4.69) is 44.1 Å². The van der Waals surface area contributed by atoms with Crippen molar-refractivity contribution in [3.8, 4) is 0 Å². The quantitative estimate of drug-likeness (QED) is 0.237. The van der Waals surface area contributed by atoms with Crippen LogP contribution in [0.25, 0.3) is 0 Å². The first-order valence-corrected chi connectivity index (χ1v) is 11.9. The van der Waals surface area contributed by atoms with Crippen molar-refractivity contribution in [2.45, 2.75) is 49.0 Å². The second-order valence-corrected chi connectivity index (χ2v) is 10.1. The first kappa shape index (κ1) is 23.3. The average Bonchev–Trinajstić information content (AvgIpc) is 2.71. The minimum absolute atomic E-state index is 0.0424. The van der Waals surface area contributed by atoms with E-state index in [9.17, 15) is 10.2 Å². The molecule has 29 heavy (non-hydrogen) atoms. The summed E-state index contributed by atoms with van der Waals surface area (Å²) in [5, 5.41) is 26.1. The van der Waals surface area contributed by atoms with Crippen molar-refractivity contribution in [1.82, 2.24) is 5.32 Å². The predicted octanol–water partition coefficient (Wildman–Crippen LogP) is 2.40. The lowest BCUT2D eigenvalue weighted by Gasteiger charge is -2.54. The molecular formula is C21H32Br2N2O4. The van der Waals surface area contributed by atoms with E-state index in [4.69, 9.17) is 15.2 Å². The van der Waals surface area contributed by atoms with Crippen molar-refractivity contribution in [3.05, 3.63) is 34.1 Å². The van der Waals surface area contributed by atoms with E-state index in [-0.39, 0.29) is 40.7 Å². The minimum atomic E-state index is -0.731. The van der Waals surface area contributed by atoms with Crippen LogP contribution in [0.4, 0.5) is 0 Å². The maximum Gasteiger partial charge on any atom is 0.0812 e. The molecule has 0 amide bonds. The third-order valence-corrected chi connectivity index (χ3v) is 8.28. The Morgan fingerprint density at radius 3 is 2.62 bits per heavy atom. The monoisotopic (exact) mass is 534 g/mol. The summed E-state index contributed by atoms with van der Waals surface area (Å²) in [4.78, 5) is -0.0424.